The smallest absolute Gasteiger partial charge is 0.240 e. The second kappa shape index (κ2) is 10.8. The summed E-state index contributed by atoms with van der Waals surface area (Å²) >= 11 is 0. The van der Waals surface area contributed by atoms with E-state index in [1.807, 2.05) is 0 Å². The lowest BCUT2D eigenvalue weighted by atomic mass is 10.1. The van der Waals surface area contributed by atoms with Crippen molar-refractivity contribution in [2.75, 3.05) is 6.16 Å². The maximum absolute atomic E-state index is 15.2. The zero-order valence-electron chi connectivity index (χ0n) is 15.6. The summed E-state index contributed by atoms with van der Waals surface area (Å²) in [5.74, 6) is 0. The summed E-state index contributed by atoms with van der Waals surface area (Å²) in [5, 5.41) is -2.22. The van der Waals surface area contributed by atoms with Crippen molar-refractivity contribution in [1.82, 2.24) is 0 Å². The van der Waals surface area contributed by atoms with E-state index >= 15 is 4.39 Å². The molecule has 0 aliphatic heterocycles. The summed E-state index contributed by atoms with van der Waals surface area (Å²) < 4.78 is 95.2. The van der Waals surface area contributed by atoms with Gasteiger partial charge < -0.3 is 0 Å². The van der Waals surface area contributed by atoms with Gasteiger partial charge in [-0.3, -0.25) is 0 Å². The van der Waals surface area contributed by atoms with E-state index in [2.05, 4.69) is 0 Å². The van der Waals surface area contributed by atoms with Gasteiger partial charge in [0.05, 0.1) is 0 Å². The molecule has 0 aromatic heterocycles. The first-order valence-electron chi connectivity index (χ1n) is 9.42. The van der Waals surface area contributed by atoms with Crippen molar-refractivity contribution in [3.63, 3.8) is 0 Å². The summed E-state index contributed by atoms with van der Waals surface area (Å²) in [6, 6.07) is 0. The van der Waals surface area contributed by atoms with Crippen molar-refractivity contribution in [2.45, 2.75) is 88.1 Å². The third-order valence-corrected chi connectivity index (χ3v) is 7.58. The van der Waals surface area contributed by atoms with E-state index in [9.17, 15) is 26.3 Å². The Labute approximate surface area is 158 Å². The summed E-state index contributed by atoms with van der Waals surface area (Å²) in [4.78, 5) is 0. The molecule has 0 N–H and O–H groups in total. The largest absolute Gasteiger partial charge is 0.389 e. The summed E-state index contributed by atoms with van der Waals surface area (Å²) in [7, 11) is -2.55. The molecular formula is C19H28F7P. The fourth-order valence-corrected chi connectivity index (χ4v) is 5.88. The van der Waals surface area contributed by atoms with Gasteiger partial charge in [-0.25, -0.2) is 8.78 Å². The first kappa shape index (κ1) is 24.5. The highest BCUT2D eigenvalue weighted by Crippen LogP contribution is 2.67. The Morgan fingerprint density at radius 2 is 1.67 bits per heavy atom. The number of allylic oxidation sites excluding steroid dienone is 4. The van der Waals surface area contributed by atoms with Crippen LogP contribution in [0.2, 0.25) is 0 Å². The van der Waals surface area contributed by atoms with Crippen molar-refractivity contribution >= 4 is 7.92 Å². The van der Waals surface area contributed by atoms with Gasteiger partial charge in [-0.05, 0) is 31.5 Å². The summed E-state index contributed by atoms with van der Waals surface area (Å²) in [6.45, 7) is 1.81. The third kappa shape index (κ3) is 8.13. The zero-order valence-corrected chi connectivity index (χ0v) is 16.4. The average molecular weight is 420 g/mol. The molecule has 0 heterocycles. The normalized spacial score (nSPS) is 22.8. The Kier molecular flexibility index (Phi) is 9.81. The van der Waals surface area contributed by atoms with Gasteiger partial charge in [-0.15, -0.1) is 0 Å². The molecule has 27 heavy (non-hydrogen) atoms. The van der Waals surface area contributed by atoms with Crippen molar-refractivity contribution < 1.29 is 30.7 Å². The molecule has 1 rings (SSSR count). The maximum atomic E-state index is 15.2. The molecule has 0 spiro atoms. The van der Waals surface area contributed by atoms with E-state index in [1.165, 1.54) is 12.2 Å². The summed E-state index contributed by atoms with van der Waals surface area (Å²) in [5.41, 5.74) is -3.76. The van der Waals surface area contributed by atoms with Crippen LogP contribution >= 0.6 is 7.92 Å². The predicted molar refractivity (Wildman–Crippen MR) is 97.0 cm³/mol. The standard InChI is InChI=1S/C19H28F7P/c1-2-3-15-27(17(21)12-8-6-9-13-17)19(25,26)16(20)11-7-4-5-10-14-18(22,23)24/h6,8-9,12,16H,2-5,7,10-11,13-15H2,1H3. The van der Waals surface area contributed by atoms with Crippen LogP contribution in [0.5, 0.6) is 0 Å². The van der Waals surface area contributed by atoms with E-state index in [-0.39, 0.29) is 38.3 Å². The lowest BCUT2D eigenvalue weighted by Crippen LogP contribution is -2.37. The monoisotopic (exact) mass is 420 g/mol. The molecule has 0 aromatic rings. The van der Waals surface area contributed by atoms with Gasteiger partial charge in [-0.1, -0.05) is 50.8 Å². The van der Waals surface area contributed by atoms with Crippen LogP contribution in [0.1, 0.15) is 64.7 Å². The number of hydrogen-bond donors (Lipinski definition) is 0. The molecule has 0 saturated carbocycles. The van der Waals surface area contributed by atoms with E-state index in [0.717, 1.165) is 6.08 Å². The fraction of sp³-hybridized carbons (Fsp3) is 0.789. The minimum atomic E-state index is -4.23. The first-order valence-corrected chi connectivity index (χ1v) is 11.0. The van der Waals surface area contributed by atoms with Crippen LogP contribution in [0.4, 0.5) is 30.7 Å². The van der Waals surface area contributed by atoms with Gasteiger partial charge in [0, 0.05) is 20.8 Å². The highest BCUT2D eigenvalue weighted by atomic mass is 31.1. The number of rotatable bonds is 12. The van der Waals surface area contributed by atoms with E-state index < -0.39 is 44.2 Å². The van der Waals surface area contributed by atoms with Gasteiger partial charge in [0.1, 0.15) is 0 Å². The molecule has 3 atom stereocenters. The Morgan fingerprint density at radius 1 is 1.00 bits per heavy atom. The zero-order chi connectivity index (χ0) is 20.6. The Hall–Kier alpha value is -0.580. The van der Waals surface area contributed by atoms with Crippen LogP contribution < -0.4 is 0 Å². The minimum Gasteiger partial charge on any atom is -0.240 e. The fourth-order valence-electron chi connectivity index (χ4n) is 3.03. The second-order valence-electron chi connectivity index (χ2n) is 6.94. The molecule has 0 saturated heterocycles. The number of unbranched alkanes of at least 4 members (excludes halogenated alkanes) is 4. The summed E-state index contributed by atoms with van der Waals surface area (Å²) in [6.07, 6.45) is -1.32. The van der Waals surface area contributed by atoms with Crippen LogP contribution in [-0.2, 0) is 0 Å². The van der Waals surface area contributed by atoms with Crippen LogP contribution in [0, 0.1) is 0 Å². The molecule has 1 aliphatic rings. The molecular weight excluding hydrogens is 392 g/mol. The number of hydrogen-bond acceptors (Lipinski definition) is 0. The van der Waals surface area contributed by atoms with E-state index in [1.54, 1.807) is 13.0 Å². The van der Waals surface area contributed by atoms with Gasteiger partial charge >= 0.3 is 6.18 Å². The molecule has 0 fully saturated rings. The van der Waals surface area contributed by atoms with E-state index in [0.29, 0.717) is 12.8 Å². The topological polar surface area (TPSA) is 0 Å². The molecule has 3 unspecified atom stereocenters. The lowest BCUT2D eigenvalue weighted by Gasteiger charge is -2.39. The number of halogens is 7. The molecule has 8 heteroatoms. The molecule has 0 aromatic carbocycles. The quantitative estimate of drug-likeness (QED) is 0.169. The maximum Gasteiger partial charge on any atom is 0.389 e. The van der Waals surface area contributed by atoms with Crippen LogP contribution in [-0.4, -0.2) is 29.6 Å². The van der Waals surface area contributed by atoms with Gasteiger partial charge in [0.15, 0.2) is 11.6 Å². The molecule has 0 nitrogen and oxygen atoms in total. The number of alkyl halides is 7. The minimum absolute atomic E-state index is 0.0560. The van der Waals surface area contributed by atoms with E-state index in [4.69, 9.17) is 0 Å². The van der Waals surface area contributed by atoms with Crippen molar-refractivity contribution in [3.8, 4) is 0 Å². The van der Waals surface area contributed by atoms with Crippen molar-refractivity contribution in [3.05, 3.63) is 24.3 Å². The van der Waals surface area contributed by atoms with Crippen LogP contribution in [0.25, 0.3) is 0 Å². The average Bonchev–Trinajstić information content (AvgIpc) is 2.57. The first-order chi connectivity index (χ1) is 12.5. The molecule has 158 valence electrons. The van der Waals surface area contributed by atoms with Gasteiger partial charge in [0.25, 0.3) is 5.66 Å². The van der Waals surface area contributed by atoms with Crippen LogP contribution in [0.3, 0.4) is 0 Å². The molecule has 0 radical (unpaired) electrons. The molecule has 0 amide bonds. The van der Waals surface area contributed by atoms with Crippen molar-refractivity contribution in [2.24, 2.45) is 0 Å². The van der Waals surface area contributed by atoms with Gasteiger partial charge in [0.2, 0.25) is 0 Å². The molecule has 1 aliphatic carbocycles. The Balaban J connectivity index is 2.60. The van der Waals surface area contributed by atoms with Gasteiger partial charge in [-0.2, -0.15) is 22.0 Å². The second-order valence-corrected chi connectivity index (χ2v) is 9.58. The lowest BCUT2D eigenvalue weighted by molar-refractivity contribution is -0.135. The Bertz CT molecular complexity index is 487. The SMILES string of the molecule is CCCCP(C1(F)C=CC=CC1)C(F)(F)C(F)CCCCCCC(F)(F)F. The predicted octanol–water partition coefficient (Wildman–Crippen LogP) is 8.28. The highest BCUT2D eigenvalue weighted by Gasteiger charge is 2.55. The van der Waals surface area contributed by atoms with Crippen molar-refractivity contribution in [1.29, 1.82) is 0 Å². The third-order valence-electron chi connectivity index (χ3n) is 4.59. The Morgan fingerprint density at radius 3 is 2.22 bits per heavy atom. The van der Waals surface area contributed by atoms with Crippen LogP contribution in [0.15, 0.2) is 24.3 Å². The molecule has 0 bridgehead atoms. The highest BCUT2D eigenvalue weighted by molar-refractivity contribution is 7.60.